The van der Waals surface area contributed by atoms with E-state index in [1.165, 1.54) is 17.3 Å². The molecule has 118 valence electrons. The Kier molecular flexibility index (Phi) is 4.92. The summed E-state index contributed by atoms with van der Waals surface area (Å²) in [5.41, 5.74) is 6.15. The summed E-state index contributed by atoms with van der Waals surface area (Å²) in [6, 6.07) is 2.28. The molecule has 1 aliphatic heterocycles. The average molecular weight is 335 g/mol. The van der Waals surface area contributed by atoms with Crippen LogP contribution < -0.4 is 5.73 Å². The molecule has 2 N–H and O–H groups in total. The molecule has 0 bridgehead atoms. The van der Waals surface area contributed by atoms with Gasteiger partial charge in [-0.25, -0.2) is 12.8 Å². The molecule has 1 fully saturated rings. The molecule has 7 heteroatoms. The molecule has 2 atom stereocenters. The van der Waals surface area contributed by atoms with E-state index in [1.807, 2.05) is 6.92 Å². The predicted molar refractivity (Wildman–Crippen MR) is 81.3 cm³/mol. The first kappa shape index (κ1) is 16.7. The summed E-state index contributed by atoms with van der Waals surface area (Å²) >= 11 is 5.93. The Balaban J connectivity index is 2.36. The molecule has 21 heavy (non-hydrogen) atoms. The highest BCUT2D eigenvalue weighted by atomic mass is 35.5. The van der Waals surface area contributed by atoms with Crippen LogP contribution >= 0.6 is 11.6 Å². The molecule has 1 aromatic carbocycles. The highest BCUT2D eigenvalue weighted by Crippen LogP contribution is 2.30. The van der Waals surface area contributed by atoms with Crippen LogP contribution in [0.5, 0.6) is 0 Å². The quantitative estimate of drug-likeness (QED) is 0.924. The Morgan fingerprint density at radius 1 is 1.48 bits per heavy atom. The average Bonchev–Trinajstić information content (AvgIpc) is 2.42. The van der Waals surface area contributed by atoms with Gasteiger partial charge in [0.25, 0.3) is 0 Å². The summed E-state index contributed by atoms with van der Waals surface area (Å²) in [6.07, 6.45) is 1.68. The fourth-order valence-electron chi connectivity index (χ4n) is 2.59. The van der Waals surface area contributed by atoms with Crippen molar-refractivity contribution in [1.29, 1.82) is 0 Å². The Hall–Kier alpha value is -0.690. The molecule has 1 aliphatic rings. The zero-order valence-electron chi connectivity index (χ0n) is 12.1. The van der Waals surface area contributed by atoms with Gasteiger partial charge in [-0.1, -0.05) is 11.6 Å². The molecule has 0 aliphatic carbocycles. The molecule has 1 heterocycles. The van der Waals surface area contributed by atoms with Gasteiger partial charge >= 0.3 is 0 Å². The lowest BCUT2D eigenvalue weighted by atomic mass is 9.93. The Bertz CT molecular complexity index is 634. The van der Waals surface area contributed by atoms with Crippen LogP contribution in [-0.4, -0.2) is 31.9 Å². The van der Waals surface area contributed by atoms with Crippen molar-refractivity contribution in [3.63, 3.8) is 0 Å². The van der Waals surface area contributed by atoms with Crippen molar-refractivity contribution >= 4 is 21.6 Å². The van der Waals surface area contributed by atoms with Crippen LogP contribution in [0.2, 0.25) is 5.02 Å². The Morgan fingerprint density at radius 3 is 2.76 bits per heavy atom. The number of rotatable bonds is 3. The highest BCUT2D eigenvalue weighted by molar-refractivity contribution is 7.89. The van der Waals surface area contributed by atoms with Gasteiger partial charge in [0, 0.05) is 19.1 Å². The Labute approximate surface area is 130 Å². The summed E-state index contributed by atoms with van der Waals surface area (Å²) in [5, 5.41) is -0.0824. The number of halogens is 2. The van der Waals surface area contributed by atoms with Crippen molar-refractivity contribution in [2.24, 2.45) is 11.7 Å². The van der Waals surface area contributed by atoms with E-state index in [0.717, 1.165) is 18.9 Å². The van der Waals surface area contributed by atoms with E-state index in [2.05, 4.69) is 0 Å². The molecule has 0 amide bonds. The zero-order valence-corrected chi connectivity index (χ0v) is 13.7. The second-order valence-electron chi connectivity index (χ2n) is 5.66. The van der Waals surface area contributed by atoms with Gasteiger partial charge in [-0.15, -0.1) is 0 Å². The minimum absolute atomic E-state index is 0.0339. The molecule has 0 aromatic heterocycles. The number of benzene rings is 1. The van der Waals surface area contributed by atoms with Crippen molar-refractivity contribution < 1.29 is 12.8 Å². The van der Waals surface area contributed by atoms with Crippen molar-refractivity contribution in [2.75, 3.05) is 13.1 Å². The fraction of sp³-hybridized carbons (Fsp3) is 0.571. The third-order valence-corrected chi connectivity index (χ3v) is 6.32. The zero-order chi connectivity index (χ0) is 15.8. The topological polar surface area (TPSA) is 63.4 Å². The van der Waals surface area contributed by atoms with Gasteiger partial charge in [-0.2, -0.15) is 4.31 Å². The first-order valence-corrected chi connectivity index (χ1v) is 8.76. The van der Waals surface area contributed by atoms with Crippen molar-refractivity contribution in [3.05, 3.63) is 28.5 Å². The molecule has 2 rings (SSSR count). The molecule has 4 nitrogen and oxygen atoms in total. The number of nitrogens with two attached hydrogens (primary N) is 1. The van der Waals surface area contributed by atoms with Gasteiger partial charge in [-0.05, 0) is 50.3 Å². The first-order chi connectivity index (χ1) is 9.73. The number of hydrogen-bond acceptors (Lipinski definition) is 3. The van der Waals surface area contributed by atoms with E-state index in [-0.39, 0.29) is 27.4 Å². The van der Waals surface area contributed by atoms with E-state index >= 15 is 0 Å². The van der Waals surface area contributed by atoms with Gasteiger partial charge in [0.05, 0.1) is 5.02 Å². The number of nitrogens with zero attached hydrogens (tertiary/aromatic N) is 1. The van der Waals surface area contributed by atoms with Crippen LogP contribution in [0.15, 0.2) is 17.0 Å². The third kappa shape index (κ3) is 3.39. The normalized spacial score (nSPS) is 22.2. The van der Waals surface area contributed by atoms with Crippen molar-refractivity contribution in [3.8, 4) is 0 Å². The van der Waals surface area contributed by atoms with E-state index < -0.39 is 15.8 Å². The second kappa shape index (κ2) is 6.20. The molecule has 1 saturated heterocycles. The lowest BCUT2D eigenvalue weighted by Crippen LogP contribution is -2.45. The largest absolute Gasteiger partial charge is 0.328 e. The standard InChI is InChI=1S/C14H20ClFN2O2S/c1-9-6-14(12(15)7-13(9)16)21(19,20)18-5-3-4-11(8-18)10(2)17/h6-7,10-11H,3-5,8,17H2,1-2H3/t10-,11+/m0/s1. The van der Waals surface area contributed by atoms with E-state index in [9.17, 15) is 12.8 Å². The molecular formula is C14H20ClFN2O2S. The Morgan fingerprint density at radius 2 is 2.14 bits per heavy atom. The van der Waals surface area contributed by atoms with Gasteiger partial charge in [-0.3, -0.25) is 0 Å². The monoisotopic (exact) mass is 334 g/mol. The lowest BCUT2D eigenvalue weighted by molar-refractivity contribution is 0.243. The van der Waals surface area contributed by atoms with Gasteiger partial charge in [0.15, 0.2) is 0 Å². The number of piperidine rings is 1. The first-order valence-electron chi connectivity index (χ1n) is 6.95. The van der Waals surface area contributed by atoms with E-state index in [4.69, 9.17) is 17.3 Å². The molecule has 0 spiro atoms. The lowest BCUT2D eigenvalue weighted by Gasteiger charge is -2.34. The molecular weight excluding hydrogens is 315 g/mol. The second-order valence-corrected chi connectivity index (χ2v) is 7.97. The smallest absolute Gasteiger partial charge is 0.244 e. The van der Waals surface area contributed by atoms with Gasteiger partial charge in [0.2, 0.25) is 10.0 Å². The maximum absolute atomic E-state index is 13.4. The van der Waals surface area contributed by atoms with Crippen LogP contribution in [-0.2, 0) is 10.0 Å². The summed E-state index contributed by atoms with van der Waals surface area (Å²) in [7, 11) is -3.72. The van der Waals surface area contributed by atoms with Crippen LogP contribution in [0.25, 0.3) is 0 Å². The fourth-order valence-corrected chi connectivity index (χ4v) is 4.70. The van der Waals surface area contributed by atoms with Crippen LogP contribution in [0.4, 0.5) is 4.39 Å². The van der Waals surface area contributed by atoms with Gasteiger partial charge in [0.1, 0.15) is 10.7 Å². The summed E-state index contributed by atoms with van der Waals surface area (Å²) in [6.45, 7) is 4.23. The molecule has 0 saturated carbocycles. The maximum atomic E-state index is 13.4. The van der Waals surface area contributed by atoms with Crippen LogP contribution in [0.1, 0.15) is 25.3 Å². The van der Waals surface area contributed by atoms with Crippen LogP contribution in [0, 0.1) is 18.7 Å². The summed E-state index contributed by atoms with van der Waals surface area (Å²) in [4.78, 5) is -0.0339. The van der Waals surface area contributed by atoms with Gasteiger partial charge < -0.3 is 5.73 Å². The number of aryl methyl sites for hydroxylation is 1. The maximum Gasteiger partial charge on any atom is 0.244 e. The molecule has 1 aromatic rings. The number of hydrogen-bond donors (Lipinski definition) is 1. The SMILES string of the molecule is Cc1cc(S(=O)(=O)N2CCC[C@@H]([C@H](C)N)C2)c(Cl)cc1F. The summed E-state index contributed by atoms with van der Waals surface area (Å²) in [5.74, 6) is -0.375. The van der Waals surface area contributed by atoms with E-state index in [0.29, 0.717) is 13.1 Å². The predicted octanol–water partition coefficient (Wildman–Crippen LogP) is 2.54. The van der Waals surface area contributed by atoms with E-state index in [1.54, 1.807) is 0 Å². The van der Waals surface area contributed by atoms with Crippen molar-refractivity contribution in [1.82, 2.24) is 4.31 Å². The minimum atomic E-state index is -3.72. The minimum Gasteiger partial charge on any atom is -0.328 e. The highest BCUT2D eigenvalue weighted by Gasteiger charge is 2.33. The van der Waals surface area contributed by atoms with Crippen molar-refractivity contribution in [2.45, 2.75) is 37.6 Å². The summed E-state index contributed by atoms with van der Waals surface area (Å²) < 4.78 is 40.3. The molecule has 0 unspecified atom stereocenters. The third-order valence-electron chi connectivity index (χ3n) is 4.00. The van der Waals surface area contributed by atoms with Crippen LogP contribution in [0.3, 0.4) is 0 Å². The number of sulfonamides is 1. The molecule has 0 radical (unpaired) electrons.